The number of hydrogen-bond donors (Lipinski definition) is 2. The van der Waals surface area contributed by atoms with Crippen LogP contribution < -0.4 is 15.0 Å². The maximum atomic E-state index is 13.4. The number of hydrogen-bond acceptors (Lipinski definition) is 4. The monoisotopic (exact) mass is 227 g/mol. The highest BCUT2D eigenvalue weighted by Gasteiger charge is 2.18. The number of benzene rings is 1. The van der Waals surface area contributed by atoms with Crippen LogP contribution in [-0.4, -0.2) is 18.4 Å². The van der Waals surface area contributed by atoms with Crippen LogP contribution in [0.3, 0.4) is 0 Å². The summed E-state index contributed by atoms with van der Waals surface area (Å²) in [5, 5.41) is 8.69. The molecule has 1 aliphatic rings. The molecule has 0 saturated heterocycles. The second-order valence-corrected chi connectivity index (χ2v) is 3.65. The molecule has 1 heterocycles. The van der Waals surface area contributed by atoms with E-state index in [1.165, 1.54) is 6.92 Å². The summed E-state index contributed by atoms with van der Waals surface area (Å²) in [7, 11) is 0. The Morgan fingerprint density at radius 2 is 2.00 bits per heavy atom. The van der Waals surface area contributed by atoms with Crippen molar-refractivity contribution in [2.45, 2.75) is 19.6 Å². The lowest BCUT2D eigenvalue weighted by Gasteiger charge is -2.21. The second-order valence-electron chi connectivity index (χ2n) is 3.65. The Kier molecular flexibility index (Phi) is 3.26. The lowest BCUT2D eigenvalue weighted by molar-refractivity contribution is 0.158. The summed E-state index contributed by atoms with van der Waals surface area (Å²) in [5.74, 6) is 1.16. The first-order chi connectivity index (χ1) is 7.72. The van der Waals surface area contributed by atoms with E-state index in [1.54, 1.807) is 12.1 Å². The molecule has 1 aromatic carbocycles. The van der Waals surface area contributed by atoms with Gasteiger partial charge in [0.1, 0.15) is 19.4 Å². The summed E-state index contributed by atoms with van der Waals surface area (Å²) in [4.78, 5) is 0. The van der Waals surface area contributed by atoms with Crippen LogP contribution in [0.5, 0.6) is 11.5 Å². The average molecular weight is 227 g/mol. The smallest absolute Gasteiger partial charge is 0.161 e. The number of ether oxygens (including phenoxy) is 2. The van der Waals surface area contributed by atoms with Crippen molar-refractivity contribution in [1.29, 1.82) is 0 Å². The quantitative estimate of drug-likeness (QED) is 0.775. The van der Waals surface area contributed by atoms with E-state index < -0.39 is 6.17 Å². The minimum absolute atomic E-state index is 0.181. The van der Waals surface area contributed by atoms with Gasteiger partial charge in [-0.1, -0.05) is 0 Å². The third-order valence-electron chi connectivity index (χ3n) is 2.50. The first kappa shape index (κ1) is 11.2. The van der Waals surface area contributed by atoms with Gasteiger partial charge in [0, 0.05) is 6.54 Å². The molecule has 2 rings (SSSR count). The summed E-state index contributed by atoms with van der Waals surface area (Å²) >= 11 is 0. The molecule has 4 nitrogen and oxygen atoms in total. The van der Waals surface area contributed by atoms with Crippen LogP contribution in [0.25, 0.3) is 0 Å². The first-order valence-electron chi connectivity index (χ1n) is 5.16. The van der Waals surface area contributed by atoms with Gasteiger partial charge in [-0.25, -0.2) is 9.87 Å². The topological polar surface area (TPSA) is 50.7 Å². The molecule has 1 aromatic rings. The number of hydroxylamine groups is 1. The van der Waals surface area contributed by atoms with E-state index in [9.17, 15) is 4.39 Å². The van der Waals surface area contributed by atoms with Crippen molar-refractivity contribution < 1.29 is 19.1 Å². The summed E-state index contributed by atoms with van der Waals surface area (Å²) in [5.41, 5.74) is 3.20. The Labute approximate surface area is 92.9 Å². The van der Waals surface area contributed by atoms with Crippen molar-refractivity contribution in [2.75, 3.05) is 13.2 Å². The molecule has 0 bridgehead atoms. The van der Waals surface area contributed by atoms with Crippen molar-refractivity contribution in [3.8, 4) is 11.5 Å². The van der Waals surface area contributed by atoms with Crippen LogP contribution >= 0.6 is 0 Å². The Hall–Kier alpha value is -1.33. The molecule has 0 radical (unpaired) electrons. The normalized spacial score (nSPS) is 15.9. The minimum atomic E-state index is -1.11. The molecule has 5 heteroatoms. The van der Waals surface area contributed by atoms with Crippen molar-refractivity contribution in [3.63, 3.8) is 0 Å². The molecular weight excluding hydrogens is 213 g/mol. The molecule has 0 aliphatic carbocycles. The van der Waals surface area contributed by atoms with Crippen LogP contribution in [0.1, 0.15) is 24.2 Å². The lowest BCUT2D eigenvalue weighted by atomic mass is 10.0. The fraction of sp³-hybridized carbons (Fsp3) is 0.455. The largest absolute Gasteiger partial charge is 0.486 e. The average Bonchev–Trinajstić information content (AvgIpc) is 2.28. The molecule has 2 N–H and O–H groups in total. The van der Waals surface area contributed by atoms with Crippen molar-refractivity contribution >= 4 is 0 Å². The zero-order chi connectivity index (χ0) is 11.5. The van der Waals surface area contributed by atoms with Gasteiger partial charge < -0.3 is 14.7 Å². The first-order valence-corrected chi connectivity index (χ1v) is 5.16. The Morgan fingerprint density at radius 3 is 2.56 bits per heavy atom. The van der Waals surface area contributed by atoms with Gasteiger partial charge in [0.15, 0.2) is 11.5 Å². The van der Waals surface area contributed by atoms with Crippen LogP contribution in [0.15, 0.2) is 12.1 Å². The molecular formula is C11H14FNO3. The van der Waals surface area contributed by atoms with Gasteiger partial charge in [-0.3, -0.25) is 0 Å². The van der Waals surface area contributed by atoms with Gasteiger partial charge in [0.2, 0.25) is 0 Å². The molecule has 0 fully saturated rings. The van der Waals surface area contributed by atoms with E-state index in [2.05, 4.69) is 0 Å². The standard InChI is InChI=1S/C11H14FNO3/c1-7(12)9-5-11-10(15-2-3-16-11)4-8(9)6-13-14/h4-5,7,13-14H,2-3,6H2,1H3. The van der Waals surface area contributed by atoms with Gasteiger partial charge in [-0.2, -0.15) is 0 Å². The number of nitrogens with one attached hydrogen (secondary N) is 1. The summed E-state index contributed by atoms with van der Waals surface area (Å²) in [6.07, 6.45) is -1.11. The number of halogens is 1. The van der Waals surface area contributed by atoms with Gasteiger partial charge in [0.25, 0.3) is 0 Å². The summed E-state index contributed by atoms with van der Waals surface area (Å²) in [6.45, 7) is 2.60. The minimum Gasteiger partial charge on any atom is -0.486 e. The van der Waals surface area contributed by atoms with Crippen molar-refractivity contribution in [2.24, 2.45) is 0 Å². The highest BCUT2D eigenvalue weighted by Crippen LogP contribution is 2.36. The third kappa shape index (κ3) is 2.10. The molecule has 0 amide bonds. The van der Waals surface area contributed by atoms with E-state index in [4.69, 9.17) is 14.7 Å². The third-order valence-corrected chi connectivity index (χ3v) is 2.50. The Morgan fingerprint density at radius 1 is 1.38 bits per heavy atom. The van der Waals surface area contributed by atoms with Gasteiger partial charge >= 0.3 is 0 Å². The van der Waals surface area contributed by atoms with Gasteiger partial charge in [-0.05, 0) is 30.2 Å². The van der Waals surface area contributed by atoms with E-state index in [0.717, 1.165) is 0 Å². The molecule has 1 unspecified atom stereocenters. The molecule has 1 aliphatic heterocycles. The number of rotatable bonds is 3. The number of alkyl halides is 1. The molecule has 0 saturated carbocycles. The van der Waals surface area contributed by atoms with Crippen LogP contribution in [0.2, 0.25) is 0 Å². The fourth-order valence-electron chi connectivity index (χ4n) is 1.76. The summed E-state index contributed by atoms with van der Waals surface area (Å²) < 4.78 is 24.1. The zero-order valence-electron chi connectivity index (χ0n) is 9.00. The van der Waals surface area contributed by atoms with Crippen LogP contribution in [-0.2, 0) is 6.54 Å². The van der Waals surface area contributed by atoms with Crippen molar-refractivity contribution in [3.05, 3.63) is 23.3 Å². The van der Waals surface area contributed by atoms with Crippen LogP contribution in [0, 0.1) is 0 Å². The molecule has 88 valence electrons. The maximum Gasteiger partial charge on any atom is 0.161 e. The predicted molar refractivity (Wildman–Crippen MR) is 55.6 cm³/mol. The van der Waals surface area contributed by atoms with Gasteiger partial charge in [0.05, 0.1) is 0 Å². The molecule has 0 aromatic heterocycles. The molecule has 1 atom stereocenters. The Balaban J connectivity index is 2.41. The highest BCUT2D eigenvalue weighted by molar-refractivity contribution is 5.48. The zero-order valence-corrected chi connectivity index (χ0v) is 9.00. The van der Waals surface area contributed by atoms with E-state index >= 15 is 0 Å². The summed E-state index contributed by atoms with van der Waals surface area (Å²) in [6, 6.07) is 3.33. The lowest BCUT2D eigenvalue weighted by Crippen LogP contribution is -2.17. The van der Waals surface area contributed by atoms with E-state index in [1.807, 2.05) is 5.48 Å². The van der Waals surface area contributed by atoms with Crippen LogP contribution in [0.4, 0.5) is 4.39 Å². The second kappa shape index (κ2) is 4.67. The van der Waals surface area contributed by atoms with Gasteiger partial charge in [-0.15, -0.1) is 0 Å². The predicted octanol–water partition coefficient (Wildman–Crippen LogP) is 1.97. The van der Waals surface area contributed by atoms with E-state index in [0.29, 0.717) is 35.8 Å². The fourth-order valence-corrected chi connectivity index (χ4v) is 1.76. The van der Waals surface area contributed by atoms with Crippen molar-refractivity contribution in [1.82, 2.24) is 5.48 Å². The molecule has 0 spiro atoms. The molecule has 16 heavy (non-hydrogen) atoms. The highest BCUT2D eigenvalue weighted by atomic mass is 19.1. The Bertz CT molecular complexity index is 382. The number of fused-ring (bicyclic) bond motifs is 1. The maximum absolute atomic E-state index is 13.4. The van der Waals surface area contributed by atoms with E-state index in [-0.39, 0.29) is 6.54 Å². The SMILES string of the molecule is CC(F)c1cc2c(cc1CNO)OCCO2.